The molecule has 5 rings (SSSR count). The maximum atomic E-state index is 13.9. The lowest BCUT2D eigenvalue weighted by atomic mass is 9.99. The maximum absolute atomic E-state index is 13.9. The number of nitrogens with zero attached hydrogens (tertiary/aromatic N) is 3. The SMILES string of the molecule is Cc1cc(C)c(-c2nc3cc(F)ccc3c3nc4ccccc4n23)c(C)c1. The third-order valence-corrected chi connectivity index (χ3v) is 5.10. The number of rotatable bonds is 1. The van der Waals surface area contributed by atoms with E-state index in [9.17, 15) is 4.39 Å². The first-order valence-corrected chi connectivity index (χ1v) is 8.97. The number of benzene rings is 3. The van der Waals surface area contributed by atoms with Crippen LogP contribution in [0.25, 0.3) is 39.0 Å². The third-order valence-electron chi connectivity index (χ3n) is 5.10. The Morgan fingerprint density at radius 3 is 2.33 bits per heavy atom. The third kappa shape index (κ3) is 2.33. The van der Waals surface area contributed by atoms with Gasteiger partial charge in [0.15, 0.2) is 0 Å². The van der Waals surface area contributed by atoms with Crippen LogP contribution in [-0.4, -0.2) is 14.4 Å². The van der Waals surface area contributed by atoms with Gasteiger partial charge in [0.05, 0.1) is 16.6 Å². The summed E-state index contributed by atoms with van der Waals surface area (Å²) in [6.45, 7) is 6.28. The first-order valence-electron chi connectivity index (χ1n) is 8.97. The Balaban J connectivity index is 2.04. The molecule has 0 aliphatic carbocycles. The molecule has 0 fully saturated rings. The predicted molar refractivity (Wildman–Crippen MR) is 108 cm³/mol. The molecule has 0 atom stereocenters. The molecule has 4 heteroatoms. The summed E-state index contributed by atoms with van der Waals surface area (Å²) in [5.74, 6) is 0.505. The fraction of sp³-hybridized carbons (Fsp3) is 0.130. The van der Waals surface area contributed by atoms with Crippen molar-refractivity contribution in [2.75, 3.05) is 0 Å². The van der Waals surface area contributed by atoms with E-state index in [1.165, 1.54) is 17.7 Å². The molecule has 0 aliphatic rings. The van der Waals surface area contributed by atoms with Crippen LogP contribution in [-0.2, 0) is 0 Å². The van der Waals surface area contributed by atoms with Crippen LogP contribution in [0.5, 0.6) is 0 Å². The highest BCUT2D eigenvalue weighted by atomic mass is 19.1. The molecular weight excluding hydrogens is 337 g/mol. The number of aromatic nitrogens is 3. The van der Waals surface area contributed by atoms with E-state index in [1.807, 2.05) is 18.2 Å². The van der Waals surface area contributed by atoms with Gasteiger partial charge in [0.1, 0.15) is 17.3 Å². The monoisotopic (exact) mass is 355 g/mol. The molecule has 0 amide bonds. The Morgan fingerprint density at radius 2 is 1.56 bits per heavy atom. The molecule has 0 unspecified atom stereocenters. The number of para-hydroxylation sites is 2. The topological polar surface area (TPSA) is 30.2 Å². The molecule has 0 spiro atoms. The normalized spacial score (nSPS) is 11.7. The van der Waals surface area contributed by atoms with Gasteiger partial charge in [0.2, 0.25) is 0 Å². The van der Waals surface area contributed by atoms with Crippen LogP contribution in [0.1, 0.15) is 16.7 Å². The largest absolute Gasteiger partial charge is 0.276 e. The van der Waals surface area contributed by atoms with Crippen molar-refractivity contribution >= 4 is 27.6 Å². The fourth-order valence-corrected chi connectivity index (χ4v) is 4.07. The quantitative estimate of drug-likeness (QED) is 0.382. The Hall–Kier alpha value is -3.27. The van der Waals surface area contributed by atoms with Crippen LogP contribution < -0.4 is 0 Å². The molecule has 0 radical (unpaired) electrons. The average molecular weight is 355 g/mol. The van der Waals surface area contributed by atoms with E-state index in [2.05, 4.69) is 43.4 Å². The highest BCUT2D eigenvalue weighted by molar-refractivity contribution is 5.98. The first kappa shape index (κ1) is 15.9. The van der Waals surface area contributed by atoms with Gasteiger partial charge in [-0.3, -0.25) is 4.40 Å². The van der Waals surface area contributed by atoms with Crippen LogP contribution in [0.3, 0.4) is 0 Å². The zero-order valence-electron chi connectivity index (χ0n) is 15.4. The van der Waals surface area contributed by atoms with Crippen molar-refractivity contribution in [3.63, 3.8) is 0 Å². The van der Waals surface area contributed by atoms with E-state index in [0.29, 0.717) is 5.52 Å². The Bertz CT molecular complexity index is 1340. The Kier molecular flexibility index (Phi) is 3.31. The maximum Gasteiger partial charge on any atom is 0.149 e. The van der Waals surface area contributed by atoms with E-state index in [1.54, 1.807) is 6.07 Å². The minimum atomic E-state index is -0.293. The molecule has 3 nitrogen and oxygen atoms in total. The minimum Gasteiger partial charge on any atom is -0.276 e. The number of fused-ring (bicyclic) bond motifs is 5. The molecule has 0 bridgehead atoms. The van der Waals surface area contributed by atoms with Gasteiger partial charge in [-0.25, -0.2) is 14.4 Å². The second-order valence-corrected chi connectivity index (χ2v) is 7.13. The van der Waals surface area contributed by atoms with Crippen molar-refractivity contribution in [2.24, 2.45) is 0 Å². The van der Waals surface area contributed by atoms with Crippen molar-refractivity contribution in [1.82, 2.24) is 14.4 Å². The number of hydrogen-bond donors (Lipinski definition) is 0. The summed E-state index contributed by atoms with van der Waals surface area (Å²) in [6.07, 6.45) is 0. The zero-order chi connectivity index (χ0) is 18.7. The minimum absolute atomic E-state index is 0.293. The van der Waals surface area contributed by atoms with Gasteiger partial charge in [0, 0.05) is 17.0 Å². The molecule has 2 heterocycles. The fourth-order valence-electron chi connectivity index (χ4n) is 4.07. The summed E-state index contributed by atoms with van der Waals surface area (Å²) < 4.78 is 16.0. The Labute approximate surface area is 156 Å². The van der Waals surface area contributed by atoms with Crippen molar-refractivity contribution in [3.05, 3.63) is 77.1 Å². The smallest absolute Gasteiger partial charge is 0.149 e. The molecule has 132 valence electrons. The second kappa shape index (κ2) is 5.61. The van der Waals surface area contributed by atoms with Gasteiger partial charge < -0.3 is 0 Å². The van der Waals surface area contributed by atoms with Crippen molar-refractivity contribution in [3.8, 4) is 11.4 Å². The summed E-state index contributed by atoms with van der Waals surface area (Å²) >= 11 is 0. The van der Waals surface area contributed by atoms with Crippen LogP contribution >= 0.6 is 0 Å². The molecule has 5 aromatic rings. The van der Waals surface area contributed by atoms with Gasteiger partial charge in [-0.1, -0.05) is 29.8 Å². The van der Waals surface area contributed by atoms with Crippen LogP contribution in [0.15, 0.2) is 54.6 Å². The molecule has 0 saturated carbocycles. The molecule has 2 aromatic heterocycles. The van der Waals surface area contributed by atoms with Gasteiger partial charge in [-0.05, 0) is 56.2 Å². The highest BCUT2D eigenvalue weighted by Crippen LogP contribution is 2.33. The molecular formula is C23H18FN3. The van der Waals surface area contributed by atoms with Crippen molar-refractivity contribution in [2.45, 2.75) is 20.8 Å². The highest BCUT2D eigenvalue weighted by Gasteiger charge is 2.18. The van der Waals surface area contributed by atoms with E-state index in [-0.39, 0.29) is 5.82 Å². The molecule has 0 saturated heterocycles. The summed E-state index contributed by atoms with van der Waals surface area (Å²) in [6, 6.07) is 17.1. The average Bonchev–Trinajstić information content (AvgIpc) is 3.00. The molecule has 0 aliphatic heterocycles. The van der Waals surface area contributed by atoms with Crippen LogP contribution in [0.4, 0.5) is 4.39 Å². The standard InChI is InChI=1S/C23H18FN3/c1-13-10-14(2)21(15(3)11-13)23-26-19-12-16(24)8-9-17(19)22-25-18-6-4-5-7-20(18)27(22)23/h4-12H,1-3H3. The van der Waals surface area contributed by atoms with Gasteiger partial charge in [-0.15, -0.1) is 0 Å². The Morgan fingerprint density at radius 1 is 0.815 bits per heavy atom. The summed E-state index contributed by atoms with van der Waals surface area (Å²) in [7, 11) is 0. The summed E-state index contributed by atoms with van der Waals surface area (Å²) in [5.41, 5.74) is 7.90. The number of aryl methyl sites for hydroxylation is 3. The number of hydrogen-bond acceptors (Lipinski definition) is 2. The zero-order valence-corrected chi connectivity index (χ0v) is 15.4. The summed E-state index contributed by atoms with van der Waals surface area (Å²) in [4.78, 5) is 9.73. The first-order chi connectivity index (χ1) is 13.0. The van der Waals surface area contributed by atoms with E-state index >= 15 is 0 Å². The molecule has 3 aromatic carbocycles. The van der Waals surface area contributed by atoms with Gasteiger partial charge in [-0.2, -0.15) is 0 Å². The summed E-state index contributed by atoms with van der Waals surface area (Å²) in [5, 5.41) is 0.846. The van der Waals surface area contributed by atoms with Crippen LogP contribution in [0, 0.1) is 26.6 Å². The molecule has 0 N–H and O–H groups in total. The van der Waals surface area contributed by atoms with Crippen LogP contribution in [0.2, 0.25) is 0 Å². The van der Waals surface area contributed by atoms with Crippen molar-refractivity contribution in [1.29, 1.82) is 0 Å². The number of imidazole rings is 1. The predicted octanol–water partition coefficient (Wildman–Crippen LogP) is 5.77. The molecule has 27 heavy (non-hydrogen) atoms. The lowest BCUT2D eigenvalue weighted by Gasteiger charge is -2.14. The van der Waals surface area contributed by atoms with Gasteiger partial charge in [0.25, 0.3) is 0 Å². The van der Waals surface area contributed by atoms with E-state index in [0.717, 1.165) is 44.6 Å². The van der Waals surface area contributed by atoms with E-state index in [4.69, 9.17) is 9.97 Å². The lowest BCUT2D eigenvalue weighted by molar-refractivity contribution is 0.629. The van der Waals surface area contributed by atoms with E-state index < -0.39 is 0 Å². The van der Waals surface area contributed by atoms with Crippen molar-refractivity contribution < 1.29 is 4.39 Å². The second-order valence-electron chi connectivity index (χ2n) is 7.13. The lowest BCUT2D eigenvalue weighted by Crippen LogP contribution is -2.01. The number of halogens is 1. The van der Waals surface area contributed by atoms with Gasteiger partial charge >= 0.3 is 0 Å².